The van der Waals surface area contributed by atoms with Crippen LogP contribution in [0.25, 0.3) is 11.3 Å². The fourth-order valence-electron chi connectivity index (χ4n) is 1.77. The molecule has 0 fully saturated rings. The summed E-state index contributed by atoms with van der Waals surface area (Å²) in [6.45, 7) is 1.32. The third kappa shape index (κ3) is 2.86. The van der Waals surface area contributed by atoms with Gasteiger partial charge in [-0.15, -0.1) is 0 Å². The Balaban J connectivity index is 2.69. The molecule has 0 saturated carbocycles. The van der Waals surface area contributed by atoms with E-state index in [2.05, 4.69) is 9.72 Å². The van der Waals surface area contributed by atoms with Crippen LogP contribution in [0.3, 0.4) is 0 Å². The molecule has 0 unspecified atom stereocenters. The molecule has 0 bridgehead atoms. The lowest BCUT2D eigenvalue weighted by Gasteiger charge is -2.09. The third-order valence-electron chi connectivity index (χ3n) is 2.82. The Morgan fingerprint density at radius 3 is 2.04 bits per heavy atom. The summed E-state index contributed by atoms with van der Waals surface area (Å²) >= 11 is 0. The largest absolute Gasteiger partial charge is 0.462 e. The maximum absolute atomic E-state index is 13.7. The van der Waals surface area contributed by atoms with Crippen LogP contribution in [0.1, 0.15) is 17.3 Å². The smallest absolute Gasteiger partial charge is 0.341 e. The molecule has 1 aromatic carbocycles. The second-order valence-corrected chi connectivity index (χ2v) is 4.21. The molecule has 2 aromatic rings. The molecule has 0 amide bonds. The minimum atomic E-state index is -2.34. The summed E-state index contributed by atoms with van der Waals surface area (Å²) in [5.41, 5.74) is -2.92. The molecule has 122 valence electrons. The number of hydrogen-bond donors (Lipinski definition) is 0. The highest BCUT2D eigenvalue weighted by atomic mass is 19.2. The molecule has 0 spiro atoms. The first-order valence-corrected chi connectivity index (χ1v) is 6.14. The number of ether oxygens (including phenoxy) is 1. The van der Waals surface area contributed by atoms with Crippen molar-refractivity contribution in [2.45, 2.75) is 6.92 Å². The third-order valence-corrected chi connectivity index (χ3v) is 2.82. The molecule has 3 nitrogen and oxygen atoms in total. The summed E-state index contributed by atoms with van der Waals surface area (Å²) in [5.74, 6) is -13.3. The van der Waals surface area contributed by atoms with Crippen LogP contribution >= 0.6 is 0 Å². The Hall–Kier alpha value is -2.58. The predicted molar refractivity (Wildman–Crippen MR) is 65.4 cm³/mol. The standard InChI is InChI=1S/C14H7F6NO2/c1-2-23-14(22)5-3-7(21-4-6(5)15)8-9(16)11(18)13(20)12(19)10(8)17/h3-4H,2H2,1H3. The van der Waals surface area contributed by atoms with Crippen LogP contribution in [0.4, 0.5) is 26.3 Å². The number of halogens is 6. The quantitative estimate of drug-likeness (QED) is 0.371. The Labute approximate surface area is 125 Å². The van der Waals surface area contributed by atoms with Crippen LogP contribution in [0.2, 0.25) is 0 Å². The minimum Gasteiger partial charge on any atom is -0.462 e. The second kappa shape index (κ2) is 6.27. The van der Waals surface area contributed by atoms with Gasteiger partial charge in [-0.25, -0.2) is 31.1 Å². The molecule has 0 radical (unpaired) electrons. The van der Waals surface area contributed by atoms with E-state index in [1.807, 2.05) is 0 Å². The van der Waals surface area contributed by atoms with E-state index in [-0.39, 0.29) is 6.61 Å². The van der Waals surface area contributed by atoms with Gasteiger partial charge in [0.1, 0.15) is 0 Å². The van der Waals surface area contributed by atoms with Crippen LogP contribution in [0.15, 0.2) is 12.3 Å². The fourth-order valence-corrected chi connectivity index (χ4v) is 1.77. The monoisotopic (exact) mass is 335 g/mol. The van der Waals surface area contributed by atoms with Crippen molar-refractivity contribution in [3.05, 3.63) is 52.7 Å². The van der Waals surface area contributed by atoms with Gasteiger partial charge in [0.05, 0.1) is 29.6 Å². The Kier molecular flexibility index (Phi) is 4.57. The van der Waals surface area contributed by atoms with E-state index in [1.54, 1.807) is 0 Å². The van der Waals surface area contributed by atoms with Crippen LogP contribution in [-0.2, 0) is 4.74 Å². The molecule has 0 aliphatic carbocycles. The van der Waals surface area contributed by atoms with Gasteiger partial charge in [0.15, 0.2) is 29.1 Å². The molecule has 0 atom stereocenters. The van der Waals surface area contributed by atoms with Crippen molar-refractivity contribution in [3.63, 3.8) is 0 Å². The molecular formula is C14H7F6NO2. The minimum absolute atomic E-state index is 0.113. The van der Waals surface area contributed by atoms with E-state index in [0.717, 1.165) is 0 Å². The van der Waals surface area contributed by atoms with Crippen molar-refractivity contribution in [3.8, 4) is 11.3 Å². The van der Waals surface area contributed by atoms with Gasteiger partial charge in [-0.3, -0.25) is 4.98 Å². The highest BCUT2D eigenvalue weighted by Crippen LogP contribution is 2.31. The van der Waals surface area contributed by atoms with E-state index < -0.39 is 57.7 Å². The predicted octanol–water partition coefficient (Wildman–Crippen LogP) is 3.76. The molecule has 0 aliphatic heterocycles. The van der Waals surface area contributed by atoms with Crippen LogP contribution in [0.5, 0.6) is 0 Å². The van der Waals surface area contributed by atoms with Crippen molar-refractivity contribution in [2.75, 3.05) is 6.61 Å². The van der Waals surface area contributed by atoms with Gasteiger partial charge in [0, 0.05) is 0 Å². The van der Waals surface area contributed by atoms with Crippen molar-refractivity contribution in [1.29, 1.82) is 0 Å². The summed E-state index contributed by atoms with van der Waals surface area (Å²) in [4.78, 5) is 14.8. The number of carbonyl (C=O) groups is 1. The molecule has 9 heteroatoms. The first-order valence-electron chi connectivity index (χ1n) is 6.14. The zero-order valence-electron chi connectivity index (χ0n) is 11.4. The Morgan fingerprint density at radius 1 is 1.00 bits per heavy atom. The lowest BCUT2D eigenvalue weighted by Crippen LogP contribution is -2.10. The lowest BCUT2D eigenvalue weighted by molar-refractivity contribution is 0.0521. The summed E-state index contributed by atoms with van der Waals surface area (Å²) in [6.07, 6.45) is 0.416. The van der Waals surface area contributed by atoms with Crippen molar-refractivity contribution in [2.24, 2.45) is 0 Å². The van der Waals surface area contributed by atoms with Gasteiger partial charge in [-0.1, -0.05) is 0 Å². The van der Waals surface area contributed by atoms with Crippen molar-refractivity contribution < 1.29 is 35.9 Å². The van der Waals surface area contributed by atoms with E-state index in [9.17, 15) is 31.1 Å². The van der Waals surface area contributed by atoms with E-state index in [1.165, 1.54) is 6.92 Å². The highest BCUT2D eigenvalue weighted by Gasteiger charge is 2.28. The van der Waals surface area contributed by atoms with E-state index in [0.29, 0.717) is 12.3 Å². The van der Waals surface area contributed by atoms with Gasteiger partial charge in [-0.2, -0.15) is 0 Å². The molecule has 0 aliphatic rings. The van der Waals surface area contributed by atoms with Crippen molar-refractivity contribution >= 4 is 5.97 Å². The van der Waals surface area contributed by atoms with Gasteiger partial charge in [0.25, 0.3) is 0 Å². The molecule has 0 N–H and O–H groups in total. The van der Waals surface area contributed by atoms with E-state index >= 15 is 0 Å². The van der Waals surface area contributed by atoms with E-state index in [4.69, 9.17) is 0 Å². The van der Waals surface area contributed by atoms with Crippen LogP contribution in [0, 0.1) is 34.9 Å². The average molecular weight is 335 g/mol. The average Bonchev–Trinajstić information content (AvgIpc) is 2.53. The van der Waals surface area contributed by atoms with Crippen LogP contribution in [-0.4, -0.2) is 17.6 Å². The molecule has 23 heavy (non-hydrogen) atoms. The summed E-state index contributed by atoms with van der Waals surface area (Å²) < 4.78 is 84.8. The maximum atomic E-state index is 13.7. The topological polar surface area (TPSA) is 39.2 Å². The Morgan fingerprint density at radius 2 is 1.52 bits per heavy atom. The highest BCUT2D eigenvalue weighted by molar-refractivity contribution is 5.90. The van der Waals surface area contributed by atoms with Gasteiger partial charge < -0.3 is 4.74 Å². The number of nitrogens with zero attached hydrogens (tertiary/aromatic N) is 1. The van der Waals surface area contributed by atoms with Crippen LogP contribution < -0.4 is 0 Å². The number of hydrogen-bond acceptors (Lipinski definition) is 3. The molecule has 1 heterocycles. The number of carbonyl (C=O) groups excluding carboxylic acids is 1. The normalized spacial score (nSPS) is 10.7. The lowest BCUT2D eigenvalue weighted by atomic mass is 10.1. The number of esters is 1. The number of rotatable bonds is 3. The molecule has 1 aromatic heterocycles. The summed E-state index contributed by atoms with van der Waals surface area (Å²) in [6, 6.07) is 0.547. The molecule has 0 saturated heterocycles. The zero-order valence-corrected chi connectivity index (χ0v) is 11.4. The number of benzene rings is 1. The van der Waals surface area contributed by atoms with Gasteiger partial charge in [-0.05, 0) is 13.0 Å². The number of aromatic nitrogens is 1. The zero-order chi connectivity index (χ0) is 17.3. The SMILES string of the molecule is CCOC(=O)c1cc(-c2c(F)c(F)c(F)c(F)c2F)ncc1F. The van der Waals surface area contributed by atoms with Gasteiger partial charge in [0.2, 0.25) is 5.82 Å². The first-order chi connectivity index (χ1) is 10.8. The summed E-state index contributed by atoms with van der Waals surface area (Å²) in [5, 5.41) is 0. The van der Waals surface area contributed by atoms with Gasteiger partial charge >= 0.3 is 5.97 Å². The maximum Gasteiger partial charge on any atom is 0.341 e. The molecular weight excluding hydrogens is 328 g/mol. The summed E-state index contributed by atoms with van der Waals surface area (Å²) in [7, 11) is 0. The fraction of sp³-hybridized carbons (Fsp3) is 0.143. The van der Waals surface area contributed by atoms with Crippen molar-refractivity contribution in [1.82, 2.24) is 4.98 Å². The second-order valence-electron chi connectivity index (χ2n) is 4.21. The first kappa shape index (κ1) is 16.8. The number of pyridine rings is 1. The molecule has 2 rings (SSSR count). The Bertz CT molecular complexity index is 764.